The van der Waals surface area contributed by atoms with Gasteiger partial charge in [-0.1, -0.05) is 6.07 Å². The number of thioether (sulfide) groups is 1. The molecule has 9 heteroatoms. The minimum Gasteiger partial charge on any atom is -0.457 e. The molecule has 2 aromatic heterocycles. The normalized spacial score (nSPS) is 11.6. The minimum atomic E-state index is -4.33. The van der Waals surface area contributed by atoms with E-state index < -0.39 is 5.51 Å². The molecule has 148 valence electrons. The van der Waals surface area contributed by atoms with Crippen LogP contribution in [0, 0.1) is 0 Å². The van der Waals surface area contributed by atoms with Gasteiger partial charge in [0.05, 0.1) is 11.0 Å². The third-order valence-corrected chi connectivity index (χ3v) is 4.78. The van der Waals surface area contributed by atoms with E-state index in [0.29, 0.717) is 28.7 Å². The van der Waals surface area contributed by atoms with Gasteiger partial charge in [-0.3, -0.25) is 4.98 Å². The summed E-state index contributed by atoms with van der Waals surface area (Å²) in [6.45, 7) is 0. The van der Waals surface area contributed by atoms with E-state index in [-0.39, 0.29) is 16.7 Å². The van der Waals surface area contributed by atoms with Crippen LogP contribution in [0.25, 0.3) is 11.0 Å². The van der Waals surface area contributed by atoms with Gasteiger partial charge >= 0.3 is 5.51 Å². The van der Waals surface area contributed by atoms with Crippen LogP contribution in [0.1, 0.15) is 0 Å². The fourth-order valence-electron chi connectivity index (χ4n) is 2.80. The molecular weight excluding hydrogens is 401 g/mol. The Morgan fingerprint density at radius 2 is 1.79 bits per heavy atom. The summed E-state index contributed by atoms with van der Waals surface area (Å²) < 4.78 is 45.5. The first-order valence-electron chi connectivity index (χ1n) is 8.54. The second kappa shape index (κ2) is 7.67. The lowest BCUT2D eigenvalue weighted by atomic mass is 10.3. The summed E-state index contributed by atoms with van der Waals surface area (Å²) in [7, 11) is 1.83. The van der Waals surface area contributed by atoms with Gasteiger partial charge in [-0.2, -0.15) is 13.2 Å². The Hall–Kier alpha value is -3.20. The SMILES string of the molecule is Cn1c(Nc2cccc(SC(F)(F)F)c2)nc2cc(Oc3ccncc3)ccc21. The number of halogens is 3. The van der Waals surface area contributed by atoms with Gasteiger partial charge in [-0.05, 0) is 54.2 Å². The van der Waals surface area contributed by atoms with E-state index in [1.165, 1.54) is 12.1 Å². The zero-order valence-corrected chi connectivity index (χ0v) is 16.0. The van der Waals surface area contributed by atoms with E-state index >= 15 is 0 Å². The van der Waals surface area contributed by atoms with Crippen LogP contribution in [-0.4, -0.2) is 20.0 Å². The van der Waals surface area contributed by atoms with Crippen molar-refractivity contribution >= 4 is 34.4 Å². The molecule has 2 aromatic carbocycles. The predicted octanol–water partition coefficient (Wildman–Crippen LogP) is 6.12. The number of imidazole rings is 1. The van der Waals surface area contributed by atoms with Crippen molar-refractivity contribution in [3.8, 4) is 11.5 Å². The summed E-state index contributed by atoms with van der Waals surface area (Å²) in [6, 6.07) is 15.1. The smallest absolute Gasteiger partial charge is 0.446 e. The van der Waals surface area contributed by atoms with Crippen LogP contribution < -0.4 is 10.1 Å². The summed E-state index contributed by atoms with van der Waals surface area (Å²) in [5.74, 6) is 1.79. The second-order valence-electron chi connectivity index (χ2n) is 6.13. The van der Waals surface area contributed by atoms with E-state index in [2.05, 4.69) is 15.3 Å². The zero-order chi connectivity index (χ0) is 20.4. The van der Waals surface area contributed by atoms with Gasteiger partial charge in [0.25, 0.3) is 0 Å². The van der Waals surface area contributed by atoms with Crippen LogP contribution in [-0.2, 0) is 7.05 Å². The van der Waals surface area contributed by atoms with E-state index in [0.717, 1.165) is 5.52 Å². The Balaban J connectivity index is 1.58. The van der Waals surface area contributed by atoms with E-state index in [1.54, 1.807) is 42.7 Å². The molecule has 0 saturated heterocycles. The first-order chi connectivity index (χ1) is 13.9. The van der Waals surface area contributed by atoms with Crippen LogP contribution in [0.2, 0.25) is 0 Å². The maximum atomic E-state index is 12.6. The molecule has 4 rings (SSSR count). The van der Waals surface area contributed by atoms with Crippen LogP contribution in [0.4, 0.5) is 24.8 Å². The molecule has 0 radical (unpaired) electrons. The van der Waals surface area contributed by atoms with Gasteiger partial charge in [0.15, 0.2) is 0 Å². The summed E-state index contributed by atoms with van der Waals surface area (Å²) in [5.41, 5.74) is -2.26. The van der Waals surface area contributed by atoms with Crippen molar-refractivity contribution in [3.05, 3.63) is 67.0 Å². The molecular formula is C20H15F3N4OS. The lowest BCUT2D eigenvalue weighted by Crippen LogP contribution is -2.01. The number of benzene rings is 2. The number of rotatable bonds is 5. The molecule has 0 aliphatic carbocycles. The average Bonchev–Trinajstić information content (AvgIpc) is 2.96. The molecule has 0 bridgehead atoms. The molecule has 29 heavy (non-hydrogen) atoms. The lowest BCUT2D eigenvalue weighted by molar-refractivity contribution is -0.0328. The topological polar surface area (TPSA) is 52.0 Å². The number of hydrogen-bond donors (Lipinski definition) is 1. The van der Waals surface area contributed by atoms with E-state index in [1.807, 2.05) is 23.7 Å². The van der Waals surface area contributed by atoms with Gasteiger partial charge in [-0.25, -0.2) is 4.98 Å². The molecule has 0 spiro atoms. The van der Waals surface area contributed by atoms with Crippen molar-refractivity contribution in [3.63, 3.8) is 0 Å². The molecule has 4 aromatic rings. The number of fused-ring (bicyclic) bond motifs is 1. The highest BCUT2D eigenvalue weighted by molar-refractivity contribution is 8.00. The molecule has 0 aliphatic heterocycles. The van der Waals surface area contributed by atoms with Gasteiger partial charge in [0.1, 0.15) is 11.5 Å². The highest BCUT2D eigenvalue weighted by Gasteiger charge is 2.29. The van der Waals surface area contributed by atoms with Gasteiger partial charge in [-0.15, -0.1) is 0 Å². The lowest BCUT2D eigenvalue weighted by Gasteiger charge is -2.09. The number of aryl methyl sites for hydroxylation is 1. The highest BCUT2D eigenvalue weighted by Crippen LogP contribution is 2.38. The van der Waals surface area contributed by atoms with Crippen molar-refractivity contribution in [2.24, 2.45) is 7.05 Å². The third-order valence-electron chi connectivity index (χ3n) is 4.06. The largest absolute Gasteiger partial charge is 0.457 e. The first kappa shape index (κ1) is 19.1. The van der Waals surface area contributed by atoms with Crippen molar-refractivity contribution in [2.45, 2.75) is 10.4 Å². The molecule has 2 heterocycles. The molecule has 0 amide bonds. The van der Waals surface area contributed by atoms with Crippen molar-refractivity contribution in [1.29, 1.82) is 0 Å². The van der Waals surface area contributed by atoms with Crippen molar-refractivity contribution in [1.82, 2.24) is 14.5 Å². The number of aromatic nitrogens is 3. The number of anilines is 2. The summed E-state index contributed by atoms with van der Waals surface area (Å²) in [4.78, 5) is 8.60. The second-order valence-corrected chi connectivity index (χ2v) is 7.27. The van der Waals surface area contributed by atoms with Crippen LogP contribution >= 0.6 is 11.8 Å². The summed E-state index contributed by atoms with van der Waals surface area (Å²) in [6.07, 6.45) is 3.28. The Kier molecular flexibility index (Phi) is 5.06. The number of ether oxygens (including phenoxy) is 1. The van der Waals surface area contributed by atoms with Crippen molar-refractivity contribution in [2.75, 3.05) is 5.32 Å². The maximum absolute atomic E-state index is 12.6. The average molecular weight is 416 g/mol. The van der Waals surface area contributed by atoms with Gasteiger partial charge in [0, 0.05) is 36.1 Å². The monoisotopic (exact) mass is 416 g/mol. The summed E-state index contributed by atoms with van der Waals surface area (Å²) in [5, 5.41) is 3.08. The molecule has 0 saturated carbocycles. The standard InChI is InChI=1S/C20H15F3N4OS/c1-27-18-6-5-15(28-14-7-9-24-10-8-14)12-17(18)26-19(27)25-13-3-2-4-16(11-13)29-20(21,22)23/h2-12H,1H3,(H,25,26). The quantitative estimate of drug-likeness (QED) is 0.398. The molecule has 0 fully saturated rings. The van der Waals surface area contributed by atoms with Crippen molar-refractivity contribution < 1.29 is 17.9 Å². The molecule has 0 aliphatic rings. The number of alkyl halides is 3. The summed E-state index contributed by atoms with van der Waals surface area (Å²) >= 11 is -0.151. The third kappa shape index (κ3) is 4.62. The zero-order valence-electron chi connectivity index (χ0n) is 15.1. The van der Waals surface area contributed by atoms with E-state index in [9.17, 15) is 13.2 Å². The number of pyridine rings is 1. The Labute approximate surface area is 168 Å². The van der Waals surface area contributed by atoms with E-state index in [4.69, 9.17) is 4.74 Å². The molecule has 1 N–H and O–H groups in total. The Bertz CT molecular complexity index is 1150. The number of hydrogen-bond acceptors (Lipinski definition) is 5. The fourth-order valence-corrected chi connectivity index (χ4v) is 3.40. The Morgan fingerprint density at radius 1 is 1.00 bits per heavy atom. The van der Waals surface area contributed by atoms with Crippen LogP contribution in [0.3, 0.4) is 0 Å². The highest BCUT2D eigenvalue weighted by atomic mass is 32.2. The number of nitrogens with one attached hydrogen (secondary N) is 1. The predicted molar refractivity (Wildman–Crippen MR) is 107 cm³/mol. The van der Waals surface area contributed by atoms with Gasteiger partial charge in [0.2, 0.25) is 5.95 Å². The molecule has 5 nitrogen and oxygen atoms in total. The number of nitrogens with zero attached hydrogens (tertiary/aromatic N) is 3. The minimum absolute atomic E-state index is 0.106. The maximum Gasteiger partial charge on any atom is 0.446 e. The van der Waals surface area contributed by atoms with Crippen LogP contribution in [0.5, 0.6) is 11.5 Å². The fraction of sp³-hybridized carbons (Fsp3) is 0.100. The first-order valence-corrected chi connectivity index (χ1v) is 9.36. The van der Waals surface area contributed by atoms with Crippen LogP contribution in [0.15, 0.2) is 71.9 Å². The van der Waals surface area contributed by atoms with Gasteiger partial charge < -0.3 is 14.6 Å². The molecule has 0 unspecified atom stereocenters. The molecule has 0 atom stereocenters. The Morgan fingerprint density at radius 3 is 2.55 bits per heavy atom.